The van der Waals surface area contributed by atoms with Crippen LogP contribution in [0, 0.1) is 5.92 Å². The minimum absolute atomic E-state index is 0.263. The fourth-order valence-corrected chi connectivity index (χ4v) is 9.60. The third kappa shape index (κ3) is 4.91. The van der Waals surface area contributed by atoms with Gasteiger partial charge in [0, 0.05) is 43.5 Å². The summed E-state index contributed by atoms with van der Waals surface area (Å²) in [6.07, 6.45) is 14.0. The molecule has 0 spiro atoms. The molecule has 2 heteroatoms. The van der Waals surface area contributed by atoms with Crippen LogP contribution in [0.1, 0.15) is 56.1 Å². The van der Waals surface area contributed by atoms with Gasteiger partial charge in [0.1, 0.15) is 0 Å². The predicted octanol–water partition coefficient (Wildman–Crippen LogP) is 9.86. The zero-order chi connectivity index (χ0) is 33.0. The van der Waals surface area contributed by atoms with Gasteiger partial charge >= 0.3 is 0 Å². The highest BCUT2D eigenvalue weighted by Crippen LogP contribution is 2.46. The van der Waals surface area contributed by atoms with Crippen LogP contribution >= 0.6 is 0 Å². The van der Waals surface area contributed by atoms with E-state index in [4.69, 9.17) is 0 Å². The summed E-state index contributed by atoms with van der Waals surface area (Å²) >= 11 is 0. The number of likely N-dealkylation sites (tertiary alicyclic amines) is 1. The number of nitrogens with zero attached hydrogens (tertiary/aromatic N) is 2. The standard InChI is InChI=1S/C48H44N2/c1-9-26-49(27-10-1)35-23-25-43-45(31-35)47(41-21-13-16-33-14-3-5-17-37(33)41)42-24-22-36(50-28-11-2-12-29-50)32-46(42)48(43)44-30-34-15-4-6-18-38(34)39-19-7-8-20-40(39)44/h3-8,13-23,25,30-32,42H,1-2,9-12,24,26-29H2. The molecular weight excluding hydrogens is 605 g/mol. The van der Waals surface area contributed by atoms with Gasteiger partial charge < -0.3 is 9.80 Å². The molecule has 0 radical (unpaired) electrons. The van der Waals surface area contributed by atoms with Gasteiger partial charge in [0.05, 0.1) is 0 Å². The summed E-state index contributed by atoms with van der Waals surface area (Å²) in [5.74, 6) is 0.263. The summed E-state index contributed by atoms with van der Waals surface area (Å²) in [6.45, 7) is 4.60. The molecule has 0 saturated carbocycles. The van der Waals surface area contributed by atoms with E-state index in [-0.39, 0.29) is 5.92 Å². The first-order valence-corrected chi connectivity index (χ1v) is 19.0. The Kier molecular flexibility index (Phi) is 7.36. The van der Waals surface area contributed by atoms with Crippen molar-refractivity contribution in [2.75, 3.05) is 31.1 Å². The summed E-state index contributed by atoms with van der Waals surface area (Å²) in [7, 11) is 0. The summed E-state index contributed by atoms with van der Waals surface area (Å²) in [6, 6.07) is 44.0. The molecule has 1 unspecified atom stereocenters. The highest BCUT2D eigenvalue weighted by Gasteiger charge is 2.33. The number of piperidine rings is 2. The molecule has 246 valence electrons. The van der Waals surface area contributed by atoms with Gasteiger partial charge in [-0.3, -0.25) is 0 Å². The third-order valence-corrected chi connectivity index (χ3v) is 12.0. The van der Waals surface area contributed by atoms with Crippen LogP contribution in [0.5, 0.6) is 0 Å². The van der Waals surface area contributed by atoms with Gasteiger partial charge in [0.15, 0.2) is 0 Å². The maximum atomic E-state index is 2.66. The van der Waals surface area contributed by atoms with Crippen LogP contribution in [0.3, 0.4) is 0 Å². The minimum atomic E-state index is 0.263. The Morgan fingerprint density at radius 2 is 1.14 bits per heavy atom. The number of hydrogen-bond acceptors (Lipinski definition) is 2. The maximum Gasteiger partial charge on any atom is 0.0372 e. The average Bonchev–Trinajstić information content (AvgIpc) is 3.20. The van der Waals surface area contributed by atoms with Gasteiger partial charge in [0.2, 0.25) is 0 Å². The Bertz CT molecular complexity index is 2480. The highest BCUT2D eigenvalue weighted by atomic mass is 15.1. The molecule has 0 N–H and O–H groups in total. The smallest absolute Gasteiger partial charge is 0.0372 e. The molecular formula is C48H44N2. The molecule has 0 bridgehead atoms. The van der Waals surface area contributed by atoms with Crippen molar-refractivity contribution in [2.45, 2.75) is 44.9 Å². The van der Waals surface area contributed by atoms with E-state index < -0.39 is 0 Å². The fraction of sp³-hybridized carbons (Fsp3) is 0.250. The molecule has 2 fully saturated rings. The first kappa shape index (κ1) is 29.8. The van der Waals surface area contributed by atoms with E-state index in [2.05, 4.69) is 137 Å². The van der Waals surface area contributed by atoms with Crippen molar-refractivity contribution < 1.29 is 0 Å². The second kappa shape index (κ2) is 12.4. The predicted molar refractivity (Wildman–Crippen MR) is 212 cm³/mol. The number of benzene rings is 6. The van der Waals surface area contributed by atoms with E-state index >= 15 is 0 Å². The van der Waals surface area contributed by atoms with Gasteiger partial charge in [-0.25, -0.2) is 0 Å². The van der Waals surface area contributed by atoms with Crippen molar-refractivity contribution in [3.05, 3.63) is 160 Å². The molecule has 6 aromatic rings. The zero-order valence-electron chi connectivity index (χ0n) is 28.9. The topological polar surface area (TPSA) is 6.48 Å². The van der Waals surface area contributed by atoms with Crippen LogP contribution < -0.4 is 15.3 Å². The molecule has 50 heavy (non-hydrogen) atoms. The van der Waals surface area contributed by atoms with E-state index in [1.165, 1.54) is 121 Å². The maximum absolute atomic E-state index is 2.66. The van der Waals surface area contributed by atoms with Crippen molar-refractivity contribution in [2.24, 2.45) is 5.92 Å². The number of hydrogen-bond donors (Lipinski definition) is 0. The van der Waals surface area contributed by atoms with Crippen molar-refractivity contribution in [3.8, 4) is 0 Å². The Balaban J connectivity index is 1.35. The number of rotatable bonds is 4. The molecule has 0 aromatic heterocycles. The van der Waals surface area contributed by atoms with Crippen LogP contribution in [0.25, 0.3) is 43.5 Å². The Morgan fingerprint density at radius 3 is 1.94 bits per heavy atom. The van der Waals surface area contributed by atoms with Gasteiger partial charge in [0.25, 0.3) is 0 Å². The van der Waals surface area contributed by atoms with Crippen LogP contribution in [0.2, 0.25) is 0 Å². The van der Waals surface area contributed by atoms with Crippen molar-refractivity contribution >= 4 is 49.2 Å². The van der Waals surface area contributed by atoms with Crippen LogP contribution in [0.4, 0.5) is 5.69 Å². The lowest BCUT2D eigenvalue weighted by Gasteiger charge is -2.37. The van der Waals surface area contributed by atoms with E-state index in [1.807, 2.05) is 0 Å². The fourth-order valence-electron chi connectivity index (χ4n) is 9.60. The van der Waals surface area contributed by atoms with Gasteiger partial charge in [-0.1, -0.05) is 103 Å². The Hall–Kier alpha value is -5.08. The van der Waals surface area contributed by atoms with Crippen molar-refractivity contribution in [1.29, 1.82) is 0 Å². The molecule has 2 aliphatic heterocycles. The zero-order valence-corrected chi connectivity index (χ0v) is 28.9. The van der Waals surface area contributed by atoms with E-state index in [0.29, 0.717) is 0 Å². The molecule has 6 aromatic carbocycles. The Labute approximate surface area is 295 Å². The summed E-state index contributed by atoms with van der Waals surface area (Å²) < 4.78 is 0. The molecule has 4 aliphatic rings. The Morgan fingerprint density at radius 1 is 0.480 bits per heavy atom. The van der Waals surface area contributed by atoms with Crippen molar-refractivity contribution in [1.82, 2.24) is 4.90 Å². The van der Waals surface area contributed by atoms with E-state index in [1.54, 1.807) is 0 Å². The first-order chi connectivity index (χ1) is 24.8. The second-order valence-corrected chi connectivity index (χ2v) is 14.8. The lowest BCUT2D eigenvalue weighted by molar-refractivity contribution is 0.290. The minimum Gasteiger partial charge on any atom is -0.372 e. The van der Waals surface area contributed by atoms with E-state index in [0.717, 1.165) is 32.6 Å². The van der Waals surface area contributed by atoms with Gasteiger partial charge in [-0.15, -0.1) is 0 Å². The first-order valence-electron chi connectivity index (χ1n) is 19.0. The second-order valence-electron chi connectivity index (χ2n) is 14.8. The average molecular weight is 649 g/mol. The molecule has 2 nitrogen and oxygen atoms in total. The summed E-state index contributed by atoms with van der Waals surface area (Å²) in [5, 5.41) is 10.8. The SMILES string of the molecule is C1=C2C(c3cc4ccccc4c4ccccc34)=c3ccc(N4CCCCC4)cc3=C(c3cccc4ccccc34)C2CC=C1N1CCCCC1. The number of anilines is 1. The normalized spacial score (nSPS) is 19.4. The molecule has 0 amide bonds. The lowest BCUT2D eigenvalue weighted by atomic mass is 9.70. The van der Waals surface area contributed by atoms with Gasteiger partial charge in [-0.05, 0) is 140 Å². The summed E-state index contributed by atoms with van der Waals surface area (Å²) in [4.78, 5) is 5.30. The molecule has 2 aliphatic carbocycles. The molecule has 2 heterocycles. The molecule has 1 atom stereocenters. The van der Waals surface area contributed by atoms with Crippen LogP contribution in [-0.4, -0.2) is 31.1 Å². The van der Waals surface area contributed by atoms with Crippen molar-refractivity contribution in [3.63, 3.8) is 0 Å². The highest BCUT2D eigenvalue weighted by molar-refractivity contribution is 6.13. The third-order valence-electron chi connectivity index (χ3n) is 12.0. The largest absolute Gasteiger partial charge is 0.372 e. The monoisotopic (exact) mass is 648 g/mol. The number of fused-ring (bicyclic) bond motifs is 6. The van der Waals surface area contributed by atoms with Crippen LogP contribution in [-0.2, 0) is 0 Å². The molecule has 10 rings (SSSR count). The molecule has 2 saturated heterocycles. The van der Waals surface area contributed by atoms with Gasteiger partial charge in [-0.2, -0.15) is 0 Å². The quantitative estimate of drug-likeness (QED) is 0.176. The van der Waals surface area contributed by atoms with Crippen LogP contribution in [0.15, 0.2) is 139 Å². The lowest BCUT2D eigenvalue weighted by Crippen LogP contribution is -2.40. The number of allylic oxidation sites excluding steroid dienone is 3. The summed E-state index contributed by atoms with van der Waals surface area (Å²) in [5.41, 5.74) is 9.93. The van der Waals surface area contributed by atoms with E-state index in [9.17, 15) is 0 Å².